The molecule has 22 heavy (non-hydrogen) atoms. The molecule has 1 saturated heterocycles. The van der Waals surface area contributed by atoms with E-state index in [-0.39, 0.29) is 27.6 Å². The number of aliphatic carboxylic acids is 1. The van der Waals surface area contributed by atoms with Gasteiger partial charge in [0.15, 0.2) is 5.76 Å². The second-order valence-electron chi connectivity index (χ2n) is 4.70. The van der Waals surface area contributed by atoms with Crippen molar-refractivity contribution in [1.29, 1.82) is 0 Å². The van der Waals surface area contributed by atoms with E-state index in [1.54, 1.807) is 0 Å². The number of thiocarbonyl (C=S) groups is 1. The zero-order valence-electron chi connectivity index (χ0n) is 11.0. The predicted octanol–water partition coefficient (Wildman–Crippen LogP) is 0.413. The number of furan rings is 1. The third kappa shape index (κ3) is 2.09. The van der Waals surface area contributed by atoms with Gasteiger partial charge in [0.2, 0.25) is 11.7 Å². The quantitative estimate of drug-likeness (QED) is 0.461. The molecule has 1 aromatic heterocycles. The molecule has 1 amide bonds. The third-order valence-electron chi connectivity index (χ3n) is 3.44. The molecule has 1 aromatic rings. The van der Waals surface area contributed by atoms with Crippen LogP contribution in [0.15, 0.2) is 34.1 Å². The largest absolute Gasteiger partial charge is 0.477 e. The average Bonchev–Trinajstić information content (AvgIpc) is 3.05. The van der Waals surface area contributed by atoms with Crippen LogP contribution in [0, 0.1) is 0 Å². The van der Waals surface area contributed by atoms with Crippen LogP contribution >= 0.6 is 24.0 Å². The molecule has 0 spiro atoms. The summed E-state index contributed by atoms with van der Waals surface area (Å²) >= 11 is 6.40. The highest BCUT2D eigenvalue weighted by Gasteiger charge is 2.52. The van der Waals surface area contributed by atoms with Gasteiger partial charge in [-0.2, -0.15) is 0 Å². The van der Waals surface area contributed by atoms with Gasteiger partial charge in [-0.15, -0.1) is 11.8 Å². The topological polar surface area (TPSA) is 114 Å². The summed E-state index contributed by atoms with van der Waals surface area (Å²) in [6.45, 7) is 0. The first-order valence-electron chi connectivity index (χ1n) is 6.22. The van der Waals surface area contributed by atoms with Gasteiger partial charge in [0.25, 0.3) is 0 Å². The van der Waals surface area contributed by atoms with Crippen LogP contribution in [0.2, 0.25) is 0 Å². The molecule has 7 nitrogen and oxygen atoms in total. The predicted molar refractivity (Wildman–Crippen MR) is 81.4 cm³/mol. The maximum absolute atomic E-state index is 12.2. The molecule has 1 unspecified atom stereocenters. The van der Waals surface area contributed by atoms with Crippen LogP contribution in [0.4, 0.5) is 0 Å². The molecular formula is C13H10N2O5S2. The van der Waals surface area contributed by atoms with Gasteiger partial charge in [-0.05, 0) is 12.1 Å². The van der Waals surface area contributed by atoms with Gasteiger partial charge in [0, 0.05) is 11.3 Å². The summed E-state index contributed by atoms with van der Waals surface area (Å²) in [7, 11) is 0. The summed E-state index contributed by atoms with van der Waals surface area (Å²) in [6, 6.07) is 2.25. The van der Waals surface area contributed by atoms with Crippen molar-refractivity contribution in [2.45, 2.75) is 11.4 Å². The number of thioether (sulfide) groups is 1. The van der Waals surface area contributed by atoms with E-state index in [0.29, 0.717) is 0 Å². The van der Waals surface area contributed by atoms with Crippen molar-refractivity contribution in [2.24, 2.45) is 5.73 Å². The minimum atomic E-state index is -1.31. The van der Waals surface area contributed by atoms with Crippen LogP contribution in [0.3, 0.4) is 0 Å². The Morgan fingerprint density at radius 3 is 2.82 bits per heavy atom. The number of Topliss-reactive ketones (excluding diaryl/α,β-unsaturated/α-hetero) is 1. The smallest absolute Gasteiger partial charge is 0.353 e. The lowest BCUT2D eigenvalue weighted by atomic mass is 10.0. The van der Waals surface area contributed by atoms with Crippen LogP contribution in [-0.2, 0) is 9.59 Å². The van der Waals surface area contributed by atoms with Gasteiger partial charge in [-0.25, -0.2) is 4.79 Å². The summed E-state index contributed by atoms with van der Waals surface area (Å²) < 4.78 is 4.99. The van der Waals surface area contributed by atoms with Gasteiger partial charge in [0.1, 0.15) is 17.1 Å². The van der Waals surface area contributed by atoms with Crippen molar-refractivity contribution in [1.82, 2.24) is 4.90 Å². The Balaban J connectivity index is 2.00. The number of rotatable bonds is 4. The zero-order chi connectivity index (χ0) is 16.0. The van der Waals surface area contributed by atoms with Crippen LogP contribution < -0.4 is 5.73 Å². The van der Waals surface area contributed by atoms with E-state index in [2.05, 4.69) is 0 Å². The lowest BCUT2D eigenvalue weighted by Gasteiger charge is -2.47. The highest BCUT2D eigenvalue weighted by molar-refractivity contribution is 8.00. The summed E-state index contributed by atoms with van der Waals surface area (Å²) in [4.78, 5) is 36.5. The molecule has 2 atom stereocenters. The molecule has 3 heterocycles. The number of carbonyl (C=O) groups excluding carboxylic acids is 2. The fraction of sp³-hybridized carbons (Fsp3) is 0.231. The van der Waals surface area contributed by atoms with Crippen molar-refractivity contribution in [2.75, 3.05) is 5.75 Å². The molecule has 2 aliphatic heterocycles. The lowest BCUT2D eigenvalue weighted by Crippen LogP contribution is -2.68. The number of ketones is 1. The first kappa shape index (κ1) is 14.9. The highest BCUT2D eigenvalue weighted by atomic mass is 32.2. The Morgan fingerprint density at radius 1 is 1.50 bits per heavy atom. The molecule has 114 valence electrons. The van der Waals surface area contributed by atoms with Crippen molar-refractivity contribution < 1.29 is 23.9 Å². The molecule has 0 aliphatic carbocycles. The van der Waals surface area contributed by atoms with E-state index in [1.165, 1.54) is 30.2 Å². The Hall–Kier alpha value is -1.97. The summed E-state index contributed by atoms with van der Waals surface area (Å²) in [5.74, 6) is -2.14. The van der Waals surface area contributed by atoms with E-state index in [9.17, 15) is 19.5 Å². The van der Waals surface area contributed by atoms with Crippen molar-refractivity contribution in [3.05, 3.63) is 35.4 Å². The van der Waals surface area contributed by atoms with Crippen LogP contribution in [0.1, 0.15) is 10.6 Å². The SMILES string of the molecule is NC1C(=O)N2C(C(=O)O)=C(C(=S)C(=O)c3ccco3)CS[C@@H]12. The van der Waals surface area contributed by atoms with Gasteiger partial charge in [0.05, 0.1) is 11.1 Å². The van der Waals surface area contributed by atoms with Gasteiger partial charge < -0.3 is 15.3 Å². The van der Waals surface area contributed by atoms with E-state index in [0.717, 1.165) is 4.90 Å². The van der Waals surface area contributed by atoms with Crippen LogP contribution in [0.25, 0.3) is 0 Å². The molecular weight excluding hydrogens is 328 g/mol. The Bertz CT molecular complexity index is 725. The number of β-lactam (4-membered cyclic amide) rings is 1. The number of nitrogens with two attached hydrogens (primary N) is 1. The number of hydrogen-bond donors (Lipinski definition) is 2. The lowest BCUT2D eigenvalue weighted by molar-refractivity contribution is -0.147. The minimum Gasteiger partial charge on any atom is -0.477 e. The molecule has 0 aromatic carbocycles. The monoisotopic (exact) mass is 338 g/mol. The maximum Gasteiger partial charge on any atom is 0.353 e. The fourth-order valence-corrected chi connectivity index (χ4v) is 4.01. The van der Waals surface area contributed by atoms with E-state index < -0.39 is 29.1 Å². The van der Waals surface area contributed by atoms with Crippen molar-refractivity contribution in [3.63, 3.8) is 0 Å². The Kier molecular flexibility index (Phi) is 3.63. The summed E-state index contributed by atoms with van der Waals surface area (Å²) in [5, 5.41) is 8.97. The second kappa shape index (κ2) is 5.34. The van der Waals surface area contributed by atoms with Crippen molar-refractivity contribution in [3.8, 4) is 0 Å². The van der Waals surface area contributed by atoms with Crippen LogP contribution in [-0.4, -0.2) is 49.7 Å². The first-order valence-corrected chi connectivity index (χ1v) is 7.68. The highest BCUT2D eigenvalue weighted by Crippen LogP contribution is 2.40. The molecule has 2 aliphatic rings. The average molecular weight is 338 g/mol. The number of amides is 1. The number of carboxylic acid groups (broad SMARTS) is 1. The van der Waals surface area contributed by atoms with E-state index in [4.69, 9.17) is 22.4 Å². The number of fused-ring (bicyclic) bond motifs is 1. The zero-order valence-corrected chi connectivity index (χ0v) is 12.6. The maximum atomic E-state index is 12.2. The molecule has 0 saturated carbocycles. The van der Waals surface area contributed by atoms with E-state index in [1.807, 2.05) is 0 Å². The normalized spacial score (nSPS) is 23.9. The molecule has 0 bridgehead atoms. The second-order valence-corrected chi connectivity index (χ2v) is 6.22. The minimum absolute atomic E-state index is 0.0287. The van der Waals surface area contributed by atoms with Gasteiger partial charge in [-0.3, -0.25) is 14.5 Å². The molecule has 0 radical (unpaired) electrons. The number of nitrogens with zero attached hydrogens (tertiary/aromatic N) is 1. The molecule has 9 heteroatoms. The van der Waals surface area contributed by atoms with E-state index >= 15 is 0 Å². The number of carbonyl (C=O) groups is 3. The molecule has 3 rings (SSSR count). The molecule has 1 fully saturated rings. The van der Waals surface area contributed by atoms with Gasteiger partial charge >= 0.3 is 5.97 Å². The standard InChI is InChI=1S/C13H10N2O5S2/c14-7-11(17)15-8(13(18)19)5(4-22-12(7)15)10(21)9(16)6-2-1-3-20-6/h1-3,7,12H,4,14H2,(H,18,19)/t7?,12-/m0/s1. The summed E-state index contributed by atoms with van der Waals surface area (Å²) in [6.07, 6.45) is 1.33. The Labute approximate surface area is 134 Å². The van der Waals surface area contributed by atoms with Crippen molar-refractivity contribution >= 4 is 46.5 Å². The number of carboxylic acids is 1. The third-order valence-corrected chi connectivity index (χ3v) is 5.17. The molecule has 3 N–H and O–H groups in total. The summed E-state index contributed by atoms with van der Waals surface area (Å²) in [5.41, 5.74) is 5.54. The Morgan fingerprint density at radius 2 is 2.23 bits per heavy atom. The fourth-order valence-electron chi connectivity index (χ4n) is 2.35. The van der Waals surface area contributed by atoms with Gasteiger partial charge in [-0.1, -0.05) is 12.2 Å². The number of hydrogen-bond acceptors (Lipinski definition) is 7. The first-order chi connectivity index (χ1) is 10.4. The van der Waals surface area contributed by atoms with Crippen LogP contribution in [0.5, 0.6) is 0 Å².